The molecule has 2 N–H and O–H groups in total. The minimum Gasteiger partial charge on any atom is -0.384 e. The van der Waals surface area contributed by atoms with Crippen LogP contribution in [0.4, 0.5) is 11.5 Å². The second-order valence-electron chi connectivity index (χ2n) is 4.46. The molecule has 0 aliphatic carbocycles. The minimum absolute atomic E-state index is 0.313. The molecule has 0 bridgehead atoms. The monoisotopic (exact) mass is 286 g/mol. The van der Waals surface area contributed by atoms with Crippen molar-refractivity contribution in [2.75, 3.05) is 30.7 Å². The van der Waals surface area contributed by atoms with Crippen LogP contribution in [0.15, 0.2) is 18.3 Å². The zero-order valence-electron chi connectivity index (χ0n) is 11.7. The largest absolute Gasteiger partial charge is 0.384 e. The molecular weight excluding hydrogens is 264 g/mol. The fourth-order valence-corrected chi connectivity index (χ4v) is 1.96. The second-order valence-corrected chi connectivity index (χ2v) is 6.34. The number of nitrogens with one attached hydrogen (secondary N) is 2. The number of rotatable bonds is 8. The van der Waals surface area contributed by atoms with E-state index in [1.807, 2.05) is 6.07 Å². The van der Waals surface area contributed by atoms with Gasteiger partial charge in [0.05, 0.1) is 11.9 Å². The highest BCUT2D eigenvalue weighted by molar-refractivity contribution is 7.90. The topological polar surface area (TPSA) is 74.3 Å². The highest BCUT2D eigenvalue weighted by Crippen LogP contribution is 2.11. The summed E-state index contributed by atoms with van der Waals surface area (Å²) in [6.45, 7) is 3.06. The Hall–Kier alpha value is -1.34. The molecule has 0 amide bonds. The van der Waals surface area contributed by atoms with E-state index in [1.54, 1.807) is 12.3 Å². The average Bonchev–Trinajstić information content (AvgIpc) is 2.36. The van der Waals surface area contributed by atoms with Crippen LogP contribution in [0, 0.1) is 0 Å². The molecule has 19 heavy (non-hydrogen) atoms. The Balaban J connectivity index is 2.52. The van der Waals surface area contributed by atoms with Crippen molar-refractivity contribution in [3.05, 3.63) is 18.3 Å². The van der Waals surface area contributed by atoms with Gasteiger partial charge in [0.2, 0.25) is 0 Å². The fraction of sp³-hybridized carbons (Fsp3) is 0.583. The van der Waals surface area contributed by atoms with Gasteiger partial charge in [-0.05, 0) is 18.6 Å². The first-order valence-electron chi connectivity index (χ1n) is 6.36. The second kappa shape index (κ2) is 7.30. The molecule has 0 aliphatic heterocycles. The maximum absolute atomic E-state index is 11.6. The molecule has 1 rings (SSSR count). The van der Waals surface area contributed by atoms with Crippen molar-refractivity contribution in [2.24, 2.45) is 0 Å². The molecule has 6 nitrogen and oxygen atoms in total. The molecule has 0 aromatic carbocycles. The van der Waals surface area contributed by atoms with Gasteiger partial charge >= 0.3 is 10.2 Å². The van der Waals surface area contributed by atoms with E-state index in [0.717, 1.165) is 23.0 Å². The van der Waals surface area contributed by atoms with Crippen LogP contribution in [0.1, 0.15) is 26.2 Å². The Labute approximate surface area is 115 Å². The van der Waals surface area contributed by atoms with Crippen molar-refractivity contribution in [1.29, 1.82) is 0 Å². The third-order valence-corrected chi connectivity index (χ3v) is 4.02. The predicted octanol–water partition coefficient (Wildman–Crippen LogP) is 1.90. The van der Waals surface area contributed by atoms with E-state index in [0.29, 0.717) is 5.82 Å². The van der Waals surface area contributed by atoms with Crippen LogP contribution in [0.3, 0.4) is 0 Å². The van der Waals surface area contributed by atoms with Gasteiger partial charge in [-0.25, -0.2) is 4.98 Å². The molecule has 0 saturated carbocycles. The van der Waals surface area contributed by atoms with Crippen LogP contribution in [-0.4, -0.2) is 38.3 Å². The summed E-state index contributed by atoms with van der Waals surface area (Å²) in [5, 5.41) is 3.24. The van der Waals surface area contributed by atoms with Crippen LogP contribution in [-0.2, 0) is 10.2 Å². The Morgan fingerprint density at radius 1 is 1.26 bits per heavy atom. The zero-order chi connectivity index (χ0) is 14.3. The molecule has 0 aliphatic rings. The lowest BCUT2D eigenvalue weighted by Crippen LogP contribution is -2.29. The van der Waals surface area contributed by atoms with Gasteiger partial charge in [0.25, 0.3) is 0 Å². The van der Waals surface area contributed by atoms with E-state index in [2.05, 4.69) is 21.9 Å². The molecule has 7 heteroatoms. The molecule has 1 heterocycles. The first kappa shape index (κ1) is 15.7. The molecule has 0 saturated heterocycles. The first-order chi connectivity index (χ1) is 8.95. The summed E-state index contributed by atoms with van der Waals surface area (Å²) in [5.74, 6) is 0.313. The molecule has 0 atom stereocenters. The molecule has 0 radical (unpaired) electrons. The zero-order valence-corrected chi connectivity index (χ0v) is 12.5. The lowest BCUT2D eigenvalue weighted by molar-refractivity contribution is 0.526. The van der Waals surface area contributed by atoms with E-state index in [9.17, 15) is 8.42 Å². The van der Waals surface area contributed by atoms with Gasteiger partial charge in [-0.3, -0.25) is 4.72 Å². The summed E-state index contributed by atoms with van der Waals surface area (Å²) in [6, 6.07) is 3.45. The van der Waals surface area contributed by atoms with Gasteiger partial charge in [-0.2, -0.15) is 12.7 Å². The Kier molecular flexibility index (Phi) is 6.04. The molecule has 1 aromatic rings. The van der Waals surface area contributed by atoms with Crippen LogP contribution in [0.5, 0.6) is 0 Å². The Morgan fingerprint density at radius 3 is 2.53 bits per heavy atom. The Bertz CT molecular complexity index is 471. The van der Waals surface area contributed by atoms with Crippen molar-refractivity contribution >= 4 is 21.7 Å². The summed E-state index contributed by atoms with van der Waals surface area (Å²) in [6.07, 6.45) is 5.12. The van der Waals surface area contributed by atoms with Crippen molar-refractivity contribution in [3.63, 3.8) is 0 Å². The lowest BCUT2D eigenvalue weighted by Gasteiger charge is -2.13. The maximum Gasteiger partial charge on any atom is 0.302 e. The number of nitrogens with zero attached hydrogens (tertiary/aromatic N) is 2. The fourth-order valence-electron chi connectivity index (χ4n) is 1.39. The average molecular weight is 286 g/mol. The van der Waals surface area contributed by atoms with Gasteiger partial charge in [0, 0.05) is 20.6 Å². The highest BCUT2D eigenvalue weighted by Gasteiger charge is 2.13. The summed E-state index contributed by atoms with van der Waals surface area (Å²) in [7, 11) is -0.559. The predicted molar refractivity (Wildman–Crippen MR) is 78.5 cm³/mol. The summed E-state index contributed by atoms with van der Waals surface area (Å²) in [5.41, 5.74) is 0.893. The van der Waals surface area contributed by atoms with Crippen LogP contribution < -0.4 is 10.0 Å². The van der Waals surface area contributed by atoms with Crippen molar-refractivity contribution in [1.82, 2.24) is 9.29 Å². The van der Waals surface area contributed by atoms with Crippen molar-refractivity contribution in [3.8, 4) is 0 Å². The standard InChI is InChI=1S/C12H22N4O2S/c1-4-5-6-9-13-11-7-8-12(14-10-11)15-19(17,18)16(2)3/h7-8,10,13H,4-6,9H2,1-3H3,(H,14,15). The number of anilines is 2. The van der Waals surface area contributed by atoms with Crippen LogP contribution >= 0.6 is 0 Å². The number of unbranched alkanes of at least 4 members (excludes halogenated alkanes) is 2. The van der Waals surface area contributed by atoms with Crippen LogP contribution in [0.2, 0.25) is 0 Å². The van der Waals surface area contributed by atoms with Gasteiger partial charge in [0.1, 0.15) is 5.82 Å². The smallest absolute Gasteiger partial charge is 0.302 e. The van der Waals surface area contributed by atoms with Crippen molar-refractivity contribution < 1.29 is 8.42 Å². The molecule has 0 fully saturated rings. The normalized spacial score (nSPS) is 11.6. The summed E-state index contributed by atoms with van der Waals surface area (Å²) >= 11 is 0. The summed E-state index contributed by atoms with van der Waals surface area (Å²) in [4.78, 5) is 4.07. The minimum atomic E-state index is -3.49. The van der Waals surface area contributed by atoms with E-state index >= 15 is 0 Å². The van der Waals surface area contributed by atoms with E-state index in [4.69, 9.17) is 0 Å². The quantitative estimate of drug-likeness (QED) is 0.716. The molecule has 108 valence electrons. The SMILES string of the molecule is CCCCCNc1ccc(NS(=O)(=O)N(C)C)nc1. The maximum atomic E-state index is 11.6. The molecule has 0 spiro atoms. The van der Waals surface area contributed by atoms with Crippen molar-refractivity contribution in [2.45, 2.75) is 26.2 Å². The van der Waals surface area contributed by atoms with E-state index in [-0.39, 0.29) is 0 Å². The molecule has 1 aromatic heterocycles. The van der Waals surface area contributed by atoms with Gasteiger partial charge in [-0.1, -0.05) is 19.8 Å². The van der Waals surface area contributed by atoms with Crippen LogP contribution in [0.25, 0.3) is 0 Å². The third-order valence-electron chi connectivity index (χ3n) is 2.59. The summed E-state index contributed by atoms with van der Waals surface area (Å²) < 4.78 is 26.7. The lowest BCUT2D eigenvalue weighted by atomic mass is 10.2. The Morgan fingerprint density at radius 2 is 2.00 bits per heavy atom. The number of pyridine rings is 1. The number of hydrogen-bond donors (Lipinski definition) is 2. The number of aromatic nitrogens is 1. The first-order valence-corrected chi connectivity index (χ1v) is 7.80. The highest BCUT2D eigenvalue weighted by atomic mass is 32.2. The van der Waals surface area contributed by atoms with Gasteiger partial charge in [0.15, 0.2) is 0 Å². The van der Waals surface area contributed by atoms with E-state index in [1.165, 1.54) is 26.9 Å². The van der Waals surface area contributed by atoms with E-state index < -0.39 is 10.2 Å². The number of hydrogen-bond acceptors (Lipinski definition) is 4. The van der Waals surface area contributed by atoms with Gasteiger partial charge in [-0.15, -0.1) is 0 Å². The molecular formula is C12H22N4O2S. The molecule has 0 unspecified atom stereocenters. The third kappa shape index (κ3) is 5.44. The van der Waals surface area contributed by atoms with Gasteiger partial charge < -0.3 is 5.32 Å².